The van der Waals surface area contributed by atoms with Gasteiger partial charge in [-0.25, -0.2) is 4.98 Å². The van der Waals surface area contributed by atoms with Crippen molar-refractivity contribution >= 4 is 6.29 Å². The van der Waals surface area contributed by atoms with Crippen molar-refractivity contribution in [3.8, 4) is 11.6 Å². The number of aromatic amines is 1. The Labute approximate surface area is 78.4 Å². The highest BCUT2D eigenvalue weighted by Crippen LogP contribution is 2.12. The van der Waals surface area contributed by atoms with Crippen LogP contribution < -0.4 is 5.56 Å². The Hall–Kier alpha value is -2.17. The third-order valence-corrected chi connectivity index (χ3v) is 1.64. The molecule has 2 heterocycles. The third kappa shape index (κ3) is 1.47. The van der Waals surface area contributed by atoms with Crippen LogP contribution in [0.5, 0.6) is 0 Å². The number of H-pyrrole nitrogens is 1. The fraction of sp³-hybridized carbons (Fsp3) is 0. The van der Waals surface area contributed by atoms with Gasteiger partial charge >= 0.3 is 0 Å². The van der Waals surface area contributed by atoms with Gasteiger partial charge in [0.25, 0.3) is 5.56 Å². The molecule has 1 N–H and O–H groups in total. The predicted octanol–water partition coefficient (Wildman–Crippen LogP) is 0.842. The summed E-state index contributed by atoms with van der Waals surface area (Å²) < 4.78 is 5.03. The van der Waals surface area contributed by atoms with Crippen LogP contribution in [-0.4, -0.2) is 16.3 Å². The van der Waals surface area contributed by atoms with Gasteiger partial charge in [-0.15, -0.1) is 0 Å². The van der Waals surface area contributed by atoms with Crippen LogP contribution in [0.15, 0.2) is 33.7 Å². The maximum absolute atomic E-state index is 11.1. The zero-order chi connectivity index (χ0) is 9.97. The van der Waals surface area contributed by atoms with Crippen molar-refractivity contribution in [2.45, 2.75) is 0 Å². The fourth-order valence-electron chi connectivity index (χ4n) is 1.07. The van der Waals surface area contributed by atoms with E-state index in [0.717, 1.165) is 6.07 Å². The molecule has 5 nitrogen and oxygen atoms in total. The van der Waals surface area contributed by atoms with Crippen LogP contribution in [0.25, 0.3) is 11.6 Å². The molecule has 0 aliphatic carbocycles. The van der Waals surface area contributed by atoms with Gasteiger partial charge in [0.05, 0.1) is 6.26 Å². The van der Waals surface area contributed by atoms with Gasteiger partial charge in [-0.1, -0.05) is 0 Å². The van der Waals surface area contributed by atoms with E-state index >= 15 is 0 Å². The summed E-state index contributed by atoms with van der Waals surface area (Å²) in [6, 6.07) is 4.44. The second-order valence-corrected chi connectivity index (χ2v) is 2.61. The fourth-order valence-corrected chi connectivity index (χ4v) is 1.07. The first kappa shape index (κ1) is 8.43. The van der Waals surface area contributed by atoms with E-state index in [2.05, 4.69) is 9.97 Å². The van der Waals surface area contributed by atoms with Gasteiger partial charge in [-0.2, -0.15) is 0 Å². The molecule has 0 atom stereocenters. The van der Waals surface area contributed by atoms with E-state index < -0.39 is 0 Å². The van der Waals surface area contributed by atoms with Gasteiger partial charge in [0, 0.05) is 6.07 Å². The summed E-state index contributed by atoms with van der Waals surface area (Å²) in [7, 11) is 0. The van der Waals surface area contributed by atoms with Crippen molar-refractivity contribution in [3.63, 3.8) is 0 Å². The molecular formula is C9H6N2O3. The average Bonchev–Trinajstić information content (AvgIpc) is 2.69. The second kappa shape index (κ2) is 3.29. The largest absolute Gasteiger partial charge is 0.461 e. The summed E-state index contributed by atoms with van der Waals surface area (Å²) in [4.78, 5) is 27.8. The second-order valence-electron chi connectivity index (χ2n) is 2.61. The maximum Gasteiger partial charge on any atom is 0.251 e. The van der Waals surface area contributed by atoms with Crippen molar-refractivity contribution in [2.24, 2.45) is 0 Å². The van der Waals surface area contributed by atoms with Crippen molar-refractivity contribution in [3.05, 3.63) is 40.5 Å². The lowest BCUT2D eigenvalue weighted by molar-refractivity contribution is 0.111. The average molecular weight is 190 g/mol. The van der Waals surface area contributed by atoms with Crippen LogP contribution in [0.2, 0.25) is 0 Å². The van der Waals surface area contributed by atoms with E-state index in [0.29, 0.717) is 12.0 Å². The van der Waals surface area contributed by atoms with Gasteiger partial charge in [-0.3, -0.25) is 9.59 Å². The van der Waals surface area contributed by atoms with Crippen LogP contribution in [0, 0.1) is 0 Å². The summed E-state index contributed by atoms with van der Waals surface area (Å²) in [5.41, 5.74) is -0.298. The minimum atomic E-state index is -0.381. The monoisotopic (exact) mass is 190 g/mol. The van der Waals surface area contributed by atoms with E-state index in [4.69, 9.17) is 4.42 Å². The lowest BCUT2D eigenvalue weighted by atomic mass is 10.4. The maximum atomic E-state index is 11.1. The molecule has 0 radical (unpaired) electrons. The number of hydrogen-bond acceptors (Lipinski definition) is 4. The van der Waals surface area contributed by atoms with Gasteiger partial charge in [-0.05, 0) is 12.1 Å². The third-order valence-electron chi connectivity index (χ3n) is 1.64. The molecule has 0 amide bonds. The minimum absolute atomic E-state index is 0.0835. The standard InChI is InChI=1S/C9H6N2O3/c12-5-6-4-8(13)11-9(10-6)7-2-1-3-14-7/h1-5H,(H,10,11,13). The number of furan rings is 1. The molecule has 0 saturated heterocycles. The van der Waals surface area contributed by atoms with Gasteiger partial charge in [0.2, 0.25) is 0 Å². The number of hydrogen-bond donors (Lipinski definition) is 1. The Morgan fingerprint density at radius 2 is 2.36 bits per heavy atom. The molecular weight excluding hydrogens is 184 g/mol. The molecule has 0 aliphatic heterocycles. The minimum Gasteiger partial charge on any atom is -0.461 e. The van der Waals surface area contributed by atoms with E-state index in [-0.39, 0.29) is 17.1 Å². The van der Waals surface area contributed by atoms with Gasteiger partial charge in [0.15, 0.2) is 17.9 Å². The molecule has 70 valence electrons. The smallest absolute Gasteiger partial charge is 0.251 e. The number of carbonyl (C=O) groups is 1. The number of nitrogens with zero attached hydrogens (tertiary/aromatic N) is 1. The number of carbonyl (C=O) groups excluding carboxylic acids is 1. The van der Waals surface area contributed by atoms with E-state index in [9.17, 15) is 9.59 Å². The van der Waals surface area contributed by atoms with Crippen LogP contribution >= 0.6 is 0 Å². The van der Waals surface area contributed by atoms with Gasteiger partial charge < -0.3 is 9.40 Å². The zero-order valence-corrected chi connectivity index (χ0v) is 7.06. The molecule has 2 rings (SSSR count). The van der Waals surface area contributed by atoms with Crippen LogP contribution in [0.3, 0.4) is 0 Å². The summed E-state index contributed by atoms with van der Waals surface area (Å²) in [5.74, 6) is 0.676. The Balaban J connectivity index is 2.59. The first-order chi connectivity index (χ1) is 6.79. The highest BCUT2D eigenvalue weighted by molar-refractivity contribution is 5.72. The molecule has 2 aromatic rings. The van der Waals surface area contributed by atoms with Crippen LogP contribution in [-0.2, 0) is 0 Å². The molecule has 0 aromatic carbocycles. The lowest BCUT2D eigenvalue weighted by Gasteiger charge is -1.95. The molecule has 5 heteroatoms. The Bertz CT molecular complexity index is 499. The van der Waals surface area contributed by atoms with Gasteiger partial charge in [0.1, 0.15) is 5.69 Å². The summed E-state index contributed by atoms with van der Waals surface area (Å²) in [5, 5.41) is 0. The molecule has 0 aliphatic rings. The first-order valence-electron chi connectivity index (χ1n) is 3.90. The molecule has 0 spiro atoms. The number of aldehydes is 1. The topological polar surface area (TPSA) is 76.0 Å². The molecule has 0 fully saturated rings. The van der Waals surface area contributed by atoms with Crippen molar-refractivity contribution < 1.29 is 9.21 Å². The van der Waals surface area contributed by atoms with E-state index in [1.54, 1.807) is 12.1 Å². The highest BCUT2D eigenvalue weighted by atomic mass is 16.3. The van der Waals surface area contributed by atoms with Crippen molar-refractivity contribution in [2.75, 3.05) is 0 Å². The predicted molar refractivity (Wildman–Crippen MR) is 47.9 cm³/mol. The molecule has 14 heavy (non-hydrogen) atoms. The highest BCUT2D eigenvalue weighted by Gasteiger charge is 2.05. The Morgan fingerprint density at radius 3 is 3.00 bits per heavy atom. The quantitative estimate of drug-likeness (QED) is 0.712. The summed E-state index contributed by atoms with van der Waals surface area (Å²) in [6.07, 6.45) is 1.98. The Morgan fingerprint density at radius 1 is 1.50 bits per heavy atom. The molecule has 0 unspecified atom stereocenters. The number of rotatable bonds is 2. The van der Waals surface area contributed by atoms with E-state index in [1.165, 1.54) is 6.26 Å². The first-order valence-corrected chi connectivity index (χ1v) is 3.90. The van der Waals surface area contributed by atoms with Crippen LogP contribution in [0.4, 0.5) is 0 Å². The van der Waals surface area contributed by atoms with Crippen molar-refractivity contribution in [1.82, 2.24) is 9.97 Å². The molecule has 0 bridgehead atoms. The van der Waals surface area contributed by atoms with E-state index in [1.807, 2.05) is 0 Å². The number of nitrogens with one attached hydrogen (secondary N) is 1. The lowest BCUT2D eigenvalue weighted by Crippen LogP contribution is -2.09. The number of aromatic nitrogens is 2. The summed E-state index contributed by atoms with van der Waals surface area (Å²) >= 11 is 0. The van der Waals surface area contributed by atoms with Crippen molar-refractivity contribution in [1.29, 1.82) is 0 Å². The molecule has 2 aromatic heterocycles. The normalized spacial score (nSPS) is 10.0. The SMILES string of the molecule is O=Cc1cc(=O)[nH]c(-c2ccco2)n1. The molecule has 0 saturated carbocycles. The summed E-state index contributed by atoms with van der Waals surface area (Å²) in [6.45, 7) is 0. The van der Waals surface area contributed by atoms with Crippen LogP contribution in [0.1, 0.15) is 10.5 Å². The zero-order valence-electron chi connectivity index (χ0n) is 7.06. The Kier molecular flexibility index (Phi) is 1.98.